The first-order valence-corrected chi connectivity index (χ1v) is 10.9. The zero-order valence-electron chi connectivity index (χ0n) is 18.4. The van der Waals surface area contributed by atoms with Crippen LogP contribution in [0, 0.1) is 25.6 Å². The summed E-state index contributed by atoms with van der Waals surface area (Å²) < 4.78 is 19.0. The van der Waals surface area contributed by atoms with E-state index < -0.39 is 11.9 Å². The number of hydrogen-bond acceptors (Lipinski definition) is 4. The number of likely N-dealkylation sites (tertiary alicyclic amines) is 1. The molecule has 0 aromatic heterocycles. The van der Waals surface area contributed by atoms with Gasteiger partial charge in [0, 0.05) is 37.2 Å². The minimum Gasteiger partial charge on any atom is -0.491 e. The molecule has 5 nitrogen and oxygen atoms in total. The van der Waals surface area contributed by atoms with E-state index in [4.69, 9.17) is 16.3 Å². The number of aliphatic hydroxyl groups is 1. The molecule has 3 rings (SSSR count). The number of halogens is 2. The van der Waals surface area contributed by atoms with E-state index in [1.54, 1.807) is 6.92 Å². The summed E-state index contributed by atoms with van der Waals surface area (Å²) in [5, 5.41) is 12.3. The second-order valence-electron chi connectivity index (χ2n) is 8.40. The Hall–Kier alpha value is -2.15. The van der Waals surface area contributed by atoms with Crippen LogP contribution in [0.1, 0.15) is 46.9 Å². The number of rotatable bonds is 8. The number of hydrogen-bond donors (Lipinski definition) is 2. The summed E-state index contributed by atoms with van der Waals surface area (Å²) in [6.45, 7) is 10.7. The largest absolute Gasteiger partial charge is 0.491 e. The highest BCUT2D eigenvalue weighted by molar-refractivity contribution is 6.31. The summed E-state index contributed by atoms with van der Waals surface area (Å²) in [4.78, 5) is 14.6. The van der Waals surface area contributed by atoms with Crippen molar-refractivity contribution in [1.29, 1.82) is 0 Å². The number of carbonyl (C=O) groups is 1. The molecule has 1 aliphatic rings. The molecule has 2 aromatic rings. The minimum atomic E-state index is -0.532. The quantitative estimate of drug-likeness (QED) is 0.632. The van der Waals surface area contributed by atoms with Crippen LogP contribution in [0.2, 0.25) is 5.02 Å². The molecule has 168 valence electrons. The standard InChI is InChI=1S/C24H30ClFN2O3/c1-14(29)13-31-23-8-6-20(15(2)16(23)3)17(4)28-11-18(12-28)10-27-24(30)19-5-7-22(26)21(25)9-19/h5-9,14,17-18,29H,10-13H2,1-4H3,(H,27,30)/t14-,17?/m1/s1. The predicted octanol–water partition coefficient (Wildman–Crippen LogP) is 4.28. The highest BCUT2D eigenvalue weighted by Gasteiger charge is 2.32. The normalized spacial score (nSPS) is 16.5. The SMILES string of the molecule is Cc1c(OC[C@@H](C)O)ccc(C(C)N2CC(CNC(=O)c3ccc(F)c(Cl)c3)C2)c1C. The van der Waals surface area contributed by atoms with E-state index in [-0.39, 0.29) is 23.6 Å². The molecule has 2 aromatic carbocycles. The van der Waals surface area contributed by atoms with E-state index in [2.05, 4.69) is 30.1 Å². The lowest BCUT2D eigenvalue weighted by atomic mass is 9.91. The first-order valence-electron chi connectivity index (χ1n) is 10.6. The van der Waals surface area contributed by atoms with Crippen molar-refractivity contribution in [2.24, 2.45) is 5.92 Å². The summed E-state index contributed by atoms with van der Waals surface area (Å²) in [7, 11) is 0. The van der Waals surface area contributed by atoms with E-state index in [0.29, 0.717) is 18.0 Å². The van der Waals surface area contributed by atoms with Gasteiger partial charge in [0.15, 0.2) is 0 Å². The van der Waals surface area contributed by atoms with E-state index in [1.165, 1.54) is 29.3 Å². The predicted molar refractivity (Wildman–Crippen MR) is 120 cm³/mol. The summed E-state index contributed by atoms with van der Waals surface area (Å²) >= 11 is 5.76. The first kappa shape index (κ1) is 23.5. The Balaban J connectivity index is 1.52. The molecule has 1 amide bonds. The molecular weight excluding hydrogens is 419 g/mol. The third kappa shape index (κ3) is 5.56. The molecule has 1 aliphatic heterocycles. The first-order chi connectivity index (χ1) is 14.7. The lowest BCUT2D eigenvalue weighted by molar-refractivity contribution is 0.0569. The molecule has 1 saturated heterocycles. The molecule has 0 saturated carbocycles. The van der Waals surface area contributed by atoms with Gasteiger partial charge in [-0.05, 0) is 68.7 Å². The highest BCUT2D eigenvalue weighted by atomic mass is 35.5. The second kappa shape index (κ2) is 9.98. The van der Waals surface area contributed by atoms with Crippen LogP contribution in [0.15, 0.2) is 30.3 Å². The maximum Gasteiger partial charge on any atom is 0.251 e. The Bertz CT molecular complexity index is 945. The number of amides is 1. The van der Waals surface area contributed by atoms with Gasteiger partial charge < -0.3 is 15.2 Å². The topological polar surface area (TPSA) is 61.8 Å². The molecule has 0 bridgehead atoms. The number of aliphatic hydroxyl groups excluding tert-OH is 1. The molecule has 0 aliphatic carbocycles. The van der Waals surface area contributed by atoms with Gasteiger partial charge in [0.25, 0.3) is 5.91 Å². The van der Waals surface area contributed by atoms with Crippen molar-refractivity contribution in [3.05, 3.63) is 63.4 Å². The number of nitrogens with one attached hydrogen (secondary N) is 1. The molecular formula is C24H30ClFN2O3. The van der Waals surface area contributed by atoms with E-state index >= 15 is 0 Å². The fourth-order valence-corrected chi connectivity index (χ4v) is 4.04. The number of ether oxygens (including phenoxy) is 1. The van der Waals surface area contributed by atoms with Crippen LogP contribution >= 0.6 is 11.6 Å². The van der Waals surface area contributed by atoms with Gasteiger partial charge in [-0.25, -0.2) is 4.39 Å². The zero-order valence-corrected chi connectivity index (χ0v) is 19.2. The van der Waals surface area contributed by atoms with Crippen molar-refractivity contribution < 1.29 is 19.0 Å². The molecule has 1 heterocycles. The fraction of sp³-hybridized carbons (Fsp3) is 0.458. The van der Waals surface area contributed by atoms with Gasteiger partial charge in [0.2, 0.25) is 0 Å². The van der Waals surface area contributed by atoms with Crippen molar-refractivity contribution in [1.82, 2.24) is 10.2 Å². The van der Waals surface area contributed by atoms with E-state index in [9.17, 15) is 14.3 Å². The summed E-state index contributed by atoms with van der Waals surface area (Å²) in [6, 6.07) is 8.31. The zero-order chi connectivity index (χ0) is 22.7. The number of carbonyl (C=O) groups excluding carboxylic acids is 1. The van der Waals surface area contributed by atoms with E-state index in [0.717, 1.165) is 24.4 Å². The maximum absolute atomic E-state index is 13.3. The maximum atomic E-state index is 13.3. The van der Waals surface area contributed by atoms with E-state index in [1.807, 2.05) is 13.0 Å². The molecule has 31 heavy (non-hydrogen) atoms. The average Bonchev–Trinajstić information content (AvgIpc) is 2.69. The van der Waals surface area contributed by atoms with Gasteiger partial charge in [-0.3, -0.25) is 9.69 Å². The monoisotopic (exact) mass is 448 g/mol. The summed E-state index contributed by atoms with van der Waals surface area (Å²) in [6.07, 6.45) is -0.503. The fourth-order valence-electron chi connectivity index (χ4n) is 3.86. The van der Waals surface area contributed by atoms with Gasteiger partial charge in [0.1, 0.15) is 18.2 Å². The van der Waals surface area contributed by atoms with Gasteiger partial charge in [-0.2, -0.15) is 0 Å². The molecule has 1 fully saturated rings. The van der Waals surface area contributed by atoms with Crippen LogP contribution in [0.4, 0.5) is 4.39 Å². The third-order valence-electron chi connectivity index (χ3n) is 5.98. The van der Waals surface area contributed by atoms with Gasteiger partial charge in [-0.15, -0.1) is 0 Å². The Morgan fingerprint density at radius 1 is 1.26 bits per heavy atom. The van der Waals surface area contributed by atoms with Crippen molar-refractivity contribution in [3.8, 4) is 5.75 Å². The Morgan fingerprint density at radius 2 is 1.97 bits per heavy atom. The highest BCUT2D eigenvalue weighted by Crippen LogP contribution is 2.34. The van der Waals surface area contributed by atoms with Crippen LogP contribution < -0.4 is 10.1 Å². The van der Waals surface area contributed by atoms with Crippen LogP contribution in [-0.2, 0) is 0 Å². The van der Waals surface area contributed by atoms with Crippen molar-refractivity contribution in [2.45, 2.75) is 39.8 Å². The van der Waals surface area contributed by atoms with Gasteiger partial charge in [-0.1, -0.05) is 17.7 Å². The lowest BCUT2D eigenvalue weighted by Gasteiger charge is -2.44. The van der Waals surface area contributed by atoms with Crippen LogP contribution in [0.3, 0.4) is 0 Å². The summed E-state index contributed by atoms with van der Waals surface area (Å²) in [5.74, 6) is 0.402. The number of benzene rings is 2. The third-order valence-corrected chi connectivity index (χ3v) is 6.27. The second-order valence-corrected chi connectivity index (χ2v) is 8.80. The molecule has 2 atom stereocenters. The molecule has 2 N–H and O–H groups in total. The van der Waals surface area contributed by atoms with Crippen molar-refractivity contribution >= 4 is 17.5 Å². The van der Waals surface area contributed by atoms with Crippen molar-refractivity contribution in [2.75, 3.05) is 26.2 Å². The lowest BCUT2D eigenvalue weighted by Crippen LogP contribution is -2.52. The Morgan fingerprint density at radius 3 is 2.61 bits per heavy atom. The van der Waals surface area contributed by atoms with Crippen LogP contribution in [-0.4, -0.2) is 48.3 Å². The molecule has 0 radical (unpaired) electrons. The van der Waals surface area contributed by atoms with Crippen molar-refractivity contribution in [3.63, 3.8) is 0 Å². The Labute approximate surface area is 188 Å². The molecule has 1 unspecified atom stereocenters. The van der Waals surface area contributed by atoms with Gasteiger partial charge in [0.05, 0.1) is 11.1 Å². The van der Waals surface area contributed by atoms with Crippen LogP contribution in [0.25, 0.3) is 0 Å². The smallest absolute Gasteiger partial charge is 0.251 e. The molecule has 0 spiro atoms. The minimum absolute atomic E-state index is 0.0516. The average molecular weight is 449 g/mol. The Kier molecular flexibility index (Phi) is 7.57. The van der Waals surface area contributed by atoms with Crippen LogP contribution in [0.5, 0.6) is 5.75 Å². The number of nitrogens with zero attached hydrogens (tertiary/aromatic N) is 1. The summed E-state index contributed by atoms with van der Waals surface area (Å²) in [5.41, 5.74) is 3.90. The van der Waals surface area contributed by atoms with Gasteiger partial charge >= 0.3 is 0 Å². The molecule has 7 heteroatoms.